The van der Waals surface area contributed by atoms with Crippen molar-refractivity contribution < 1.29 is 28.2 Å². The van der Waals surface area contributed by atoms with Crippen LogP contribution in [-0.2, 0) is 16.1 Å². The lowest BCUT2D eigenvalue weighted by molar-refractivity contribution is -0.117. The average molecular weight is 544 g/mol. The minimum Gasteiger partial charge on any atom is -0.497 e. The number of furan rings is 1. The minimum absolute atomic E-state index is 0.0160. The number of rotatable bonds is 10. The van der Waals surface area contributed by atoms with E-state index >= 15 is 0 Å². The van der Waals surface area contributed by atoms with Gasteiger partial charge in [-0.15, -0.1) is 0 Å². The van der Waals surface area contributed by atoms with Gasteiger partial charge >= 0.3 is 5.97 Å². The van der Waals surface area contributed by atoms with Crippen LogP contribution in [0.25, 0.3) is 6.08 Å². The predicted molar refractivity (Wildman–Crippen MR) is 139 cm³/mol. The number of hydrogen-bond acceptors (Lipinski definition) is 8. The molecule has 0 aliphatic carbocycles. The van der Waals surface area contributed by atoms with Crippen LogP contribution in [0, 0.1) is 11.3 Å². The van der Waals surface area contributed by atoms with Gasteiger partial charge in [-0.3, -0.25) is 4.79 Å². The van der Waals surface area contributed by atoms with Crippen molar-refractivity contribution in [2.45, 2.75) is 13.5 Å². The summed E-state index contributed by atoms with van der Waals surface area (Å²) in [6.45, 7) is 1.83. The number of halogens is 2. The van der Waals surface area contributed by atoms with Gasteiger partial charge in [0.1, 0.15) is 33.7 Å². The first kappa shape index (κ1) is 27.5. The van der Waals surface area contributed by atoms with Crippen LogP contribution in [0.5, 0.6) is 11.5 Å². The maximum absolute atomic E-state index is 12.8. The van der Waals surface area contributed by atoms with Gasteiger partial charge in [0.05, 0.1) is 20.8 Å². The van der Waals surface area contributed by atoms with Gasteiger partial charge in [-0.2, -0.15) is 5.26 Å². The Morgan fingerprint density at radius 2 is 1.84 bits per heavy atom. The Bertz CT molecular complexity index is 1360. The summed E-state index contributed by atoms with van der Waals surface area (Å²) in [6.07, 6.45) is 1.15. The molecule has 0 bridgehead atoms. The number of amides is 1. The zero-order valence-corrected chi connectivity index (χ0v) is 21.7. The van der Waals surface area contributed by atoms with E-state index in [-0.39, 0.29) is 41.0 Å². The van der Waals surface area contributed by atoms with Gasteiger partial charge in [0, 0.05) is 35.0 Å². The Labute approximate surface area is 223 Å². The molecule has 0 saturated carbocycles. The van der Waals surface area contributed by atoms with Gasteiger partial charge in [0.15, 0.2) is 5.76 Å². The number of nitrogens with one attached hydrogen (secondary N) is 2. The van der Waals surface area contributed by atoms with Gasteiger partial charge in [0.25, 0.3) is 5.91 Å². The molecule has 3 aromatic rings. The molecular weight excluding hydrogens is 521 g/mol. The molecule has 0 unspecified atom stereocenters. The van der Waals surface area contributed by atoms with E-state index in [9.17, 15) is 14.9 Å². The Balaban J connectivity index is 1.88. The largest absolute Gasteiger partial charge is 0.497 e. The van der Waals surface area contributed by atoms with Crippen molar-refractivity contribution in [2.24, 2.45) is 0 Å². The topological polar surface area (TPSA) is 123 Å². The summed E-state index contributed by atoms with van der Waals surface area (Å²) < 4.78 is 21.3. The highest BCUT2D eigenvalue weighted by Gasteiger charge is 2.26. The molecule has 1 aromatic heterocycles. The molecule has 37 heavy (non-hydrogen) atoms. The first-order valence-electron chi connectivity index (χ1n) is 10.9. The van der Waals surface area contributed by atoms with E-state index in [4.69, 9.17) is 41.8 Å². The molecule has 0 fully saturated rings. The van der Waals surface area contributed by atoms with E-state index in [1.165, 1.54) is 14.2 Å². The van der Waals surface area contributed by atoms with E-state index in [0.29, 0.717) is 27.8 Å². The van der Waals surface area contributed by atoms with E-state index < -0.39 is 11.9 Å². The zero-order valence-electron chi connectivity index (χ0n) is 20.2. The number of hydrogen-bond donors (Lipinski definition) is 2. The first-order valence-corrected chi connectivity index (χ1v) is 11.7. The van der Waals surface area contributed by atoms with Crippen molar-refractivity contribution in [1.82, 2.24) is 5.32 Å². The summed E-state index contributed by atoms with van der Waals surface area (Å²) in [6, 6.07) is 13.6. The second kappa shape index (κ2) is 12.7. The van der Waals surface area contributed by atoms with Crippen molar-refractivity contribution in [1.29, 1.82) is 5.26 Å². The fourth-order valence-corrected chi connectivity index (χ4v) is 3.59. The van der Waals surface area contributed by atoms with Gasteiger partial charge in [-0.1, -0.05) is 23.2 Å². The van der Waals surface area contributed by atoms with Crippen LogP contribution >= 0.6 is 23.2 Å². The molecule has 0 aliphatic rings. The predicted octanol–water partition coefficient (Wildman–Crippen LogP) is 5.75. The standard InChI is InChI=1S/C26H23Cl2N3O6/c1-4-36-26(33)22-23(28)21(37-25(22)31-18-8-6-17(27)7-9-18)11-16(13-29)24(32)30-14-15-5-10-19(34-2)12-20(15)35-3/h5-12,31H,4,14H2,1-3H3,(H,30,32)/b16-11+. The van der Waals surface area contributed by atoms with Crippen molar-refractivity contribution in [3.8, 4) is 17.6 Å². The maximum atomic E-state index is 12.8. The molecule has 0 saturated heterocycles. The molecule has 3 rings (SSSR count). The molecule has 1 heterocycles. The molecule has 0 radical (unpaired) electrons. The summed E-state index contributed by atoms with van der Waals surface area (Å²) in [5.74, 6) is -0.405. The van der Waals surface area contributed by atoms with Crippen LogP contribution < -0.4 is 20.1 Å². The van der Waals surface area contributed by atoms with Crippen molar-refractivity contribution in [2.75, 3.05) is 26.1 Å². The third-order valence-electron chi connectivity index (χ3n) is 5.03. The van der Waals surface area contributed by atoms with Crippen LogP contribution in [0.2, 0.25) is 10.0 Å². The summed E-state index contributed by atoms with van der Waals surface area (Å²) in [4.78, 5) is 25.4. The Morgan fingerprint density at radius 3 is 2.46 bits per heavy atom. The normalized spacial score (nSPS) is 10.9. The maximum Gasteiger partial charge on any atom is 0.345 e. The lowest BCUT2D eigenvalue weighted by atomic mass is 10.1. The number of methoxy groups -OCH3 is 2. The molecule has 0 aliphatic heterocycles. The molecule has 0 spiro atoms. The third kappa shape index (κ3) is 6.76. The molecule has 192 valence electrons. The van der Waals surface area contributed by atoms with Crippen LogP contribution in [0.3, 0.4) is 0 Å². The van der Waals surface area contributed by atoms with E-state index in [1.807, 2.05) is 6.07 Å². The second-order valence-electron chi connectivity index (χ2n) is 7.37. The van der Waals surface area contributed by atoms with Crippen LogP contribution in [-0.4, -0.2) is 32.7 Å². The number of anilines is 2. The Kier molecular flexibility index (Phi) is 9.44. The molecular formula is C26H23Cl2N3O6. The molecule has 11 heteroatoms. The van der Waals surface area contributed by atoms with Gasteiger partial charge in [-0.25, -0.2) is 4.79 Å². The zero-order chi connectivity index (χ0) is 26.9. The average Bonchev–Trinajstić information content (AvgIpc) is 3.21. The highest BCUT2D eigenvalue weighted by Crippen LogP contribution is 2.36. The second-order valence-corrected chi connectivity index (χ2v) is 8.18. The molecule has 0 atom stereocenters. The van der Waals surface area contributed by atoms with Gasteiger partial charge in [0.2, 0.25) is 5.88 Å². The highest BCUT2D eigenvalue weighted by molar-refractivity contribution is 6.35. The van der Waals surface area contributed by atoms with Crippen molar-refractivity contribution in [3.05, 3.63) is 75.0 Å². The number of carbonyl (C=O) groups excluding carboxylic acids is 2. The minimum atomic E-state index is -0.734. The molecule has 2 N–H and O–H groups in total. The fraction of sp³-hybridized carbons (Fsp3) is 0.192. The third-order valence-corrected chi connectivity index (χ3v) is 5.66. The summed E-state index contributed by atoms with van der Waals surface area (Å²) in [7, 11) is 3.03. The summed E-state index contributed by atoms with van der Waals surface area (Å²) >= 11 is 12.4. The van der Waals surface area contributed by atoms with E-state index in [2.05, 4.69) is 10.6 Å². The highest BCUT2D eigenvalue weighted by atomic mass is 35.5. The molecule has 1 amide bonds. The summed E-state index contributed by atoms with van der Waals surface area (Å²) in [5, 5.41) is 15.6. The van der Waals surface area contributed by atoms with Gasteiger partial charge in [-0.05, 0) is 43.3 Å². The molecule has 2 aromatic carbocycles. The Hall–Kier alpha value is -4.13. The summed E-state index contributed by atoms with van der Waals surface area (Å²) in [5.41, 5.74) is 0.855. The number of carbonyl (C=O) groups is 2. The Morgan fingerprint density at radius 1 is 1.11 bits per heavy atom. The number of ether oxygens (including phenoxy) is 3. The van der Waals surface area contributed by atoms with Crippen LogP contribution in [0.1, 0.15) is 28.6 Å². The number of esters is 1. The van der Waals surface area contributed by atoms with Crippen LogP contribution in [0.15, 0.2) is 52.5 Å². The van der Waals surface area contributed by atoms with Crippen LogP contribution in [0.4, 0.5) is 11.6 Å². The monoisotopic (exact) mass is 543 g/mol. The quantitative estimate of drug-likeness (QED) is 0.188. The van der Waals surface area contributed by atoms with Crippen molar-refractivity contribution >= 4 is 52.7 Å². The van der Waals surface area contributed by atoms with E-state index in [1.54, 1.807) is 49.4 Å². The lowest BCUT2D eigenvalue weighted by Gasteiger charge is -2.11. The number of nitriles is 1. The first-order chi connectivity index (χ1) is 17.8. The number of nitrogens with zero attached hydrogens (tertiary/aromatic N) is 1. The van der Waals surface area contributed by atoms with Crippen molar-refractivity contribution in [3.63, 3.8) is 0 Å². The lowest BCUT2D eigenvalue weighted by Crippen LogP contribution is -2.24. The molecule has 9 nitrogen and oxygen atoms in total. The van der Waals surface area contributed by atoms with Gasteiger partial charge < -0.3 is 29.3 Å². The van der Waals surface area contributed by atoms with E-state index in [0.717, 1.165) is 6.08 Å². The number of benzene rings is 2. The smallest absolute Gasteiger partial charge is 0.345 e. The SMILES string of the molecule is CCOC(=O)c1c(Nc2ccc(Cl)cc2)oc(/C=C(\C#N)C(=O)NCc2ccc(OC)cc2OC)c1Cl. The fourth-order valence-electron chi connectivity index (χ4n) is 3.21.